The van der Waals surface area contributed by atoms with Crippen LogP contribution >= 0.6 is 8.00 Å². The summed E-state index contributed by atoms with van der Waals surface area (Å²) >= 11 is 0. The van der Waals surface area contributed by atoms with Crippen LogP contribution in [0.1, 0.15) is 0 Å². The first-order valence-electron chi connectivity index (χ1n) is 1.60. The zero-order chi connectivity index (χ0) is 5.28. The van der Waals surface area contributed by atoms with Crippen molar-refractivity contribution in [3.63, 3.8) is 0 Å². The molecule has 0 aromatic heterocycles. The zero-order valence-electron chi connectivity index (χ0n) is 3.33. The van der Waals surface area contributed by atoms with Gasteiger partial charge in [0.25, 0.3) is 0 Å². The Bertz CT molecular complexity index is 108. The van der Waals surface area contributed by atoms with E-state index in [4.69, 9.17) is 5.11 Å². The highest BCUT2D eigenvalue weighted by atomic mass is 31.1. The van der Waals surface area contributed by atoms with Gasteiger partial charge in [0, 0.05) is 0 Å². The molecular weight excluding hydrogens is 119 g/mol. The predicted octanol–water partition coefficient (Wildman–Crippen LogP) is -1.26. The van der Waals surface area contributed by atoms with Crippen molar-refractivity contribution in [2.45, 2.75) is 0 Å². The van der Waals surface area contributed by atoms with Gasteiger partial charge < -0.3 is 10.00 Å². The largest absolute Gasteiger partial charge is 0.598 e. The van der Waals surface area contributed by atoms with Gasteiger partial charge in [0.15, 0.2) is 6.79 Å². The molecule has 1 aliphatic rings. The molecule has 0 amide bonds. The fraction of sp³-hybridized carbons (Fsp3) is 0.500. The van der Waals surface area contributed by atoms with Gasteiger partial charge in [-0.2, -0.15) is 0 Å². The molecule has 0 aromatic carbocycles. The van der Waals surface area contributed by atoms with Crippen LogP contribution in [0.15, 0.2) is 0 Å². The van der Waals surface area contributed by atoms with Crippen LogP contribution in [0.5, 0.6) is 0 Å². The Hall–Kier alpha value is 0.0100. The van der Waals surface area contributed by atoms with E-state index in [1.165, 1.54) is 0 Å². The molecule has 0 radical (unpaired) electrons. The second-order valence-corrected chi connectivity index (χ2v) is 1.95. The third-order valence-electron chi connectivity index (χ3n) is 0.466. The monoisotopic (exact) mass is 122 g/mol. The lowest BCUT2D eigenvalue weighted by Crippen LogP contribution is -1.92. The summed E-state index contributed by atoms with van der Waals surface area (Å²) in [6.45, 7) is -0.462. The van der Waals surface area contributed by atoms with Gasteiger partial charge in [-0.1, -0.05) is 4.52 Å². The van der Waals surface area contributed by atoms with Crippen LogP contribution in [0.2, 0.25) is 0 Å². The van der Waals surface area contributed by atoms with E-state index in [0.29, 0.717) is 0 Å². The van der Waals surface area contributed by atoms with Crippen LogP contribution in [-0.4, -0.2) is 17.6 Å². The van der Waals surface area contributed by atoms with E-state index in [-0.39, 0.29) is 5.67 Å². The minimum absolute atomic E-state index is 0.0532. The molecule has 0 saturated heterocycles. The summed E-state index contributed by atoms with van der Waals surface area (Å²) < 4.78 is 8.43. The van der Waals surface area contributed by atoms with Crippen LogP contribution in [0.4, 0.5) is 0 Å². The first kappa shape index (κ1) is 5.15. The molecule has 1 N–H and O–H groups in total. The molecular formula is C2H3O4P. The first-order chi connectivity index (χ1) is 3.34. The maximum Gasteiger partial charge on any atom is 0.442 e. The third-order valence-corrected chi connectivity index (χ3v) is 1.15. The Kier molecular flexibility index (Phi) is 1.37. The van der Waals surface area contributed by atoms with Crippen LogP contribution in [0, 0.1) is 0 Å². The Labute approximate surface area is 40.8 Å². The van der Waals surface area contributed by atoms with Gasteiger partial charge in [-0.05, 0) is 0 Å². The second kappa shape index (κ2) is 1.86. The van der Waals surface area contributed by atoms with Crippen molar-refractivity contribution in [2.24, 2.45) is 0 Å². The summed E-state index contributed by atoms with van der Waals surface area (Å²) in [5, 5.41) is 7.94. The van der Waals surface area contributed by atoms with Gasteiger partial charge in [-0.25, -0.2) is 0 Å². The Morgan fingerprint density at radius 2 is 2.57 bits per heavy atom. The summed E-state index contributed by atoms with van der Waals surface area (Å²) in [5.41, 5.74) is 0.0532. The van der Waals surface area contributed by atoms with E-state index in [9.17, 15) is 4.89 Å². The van der Waals surface area contributed by atoms with E-state index >= 15 is 0 Å². The predicted molar refractivity (Wildman–Crippen MR) is 21.2 cm³/mol. The number of hydrogen-bond acceptors (Lipinski definition) is 4. The fourth-order valence-corrected chi connectivity index (χ4v) is 0.602. The highest BCUT2D eigenvalue weighted by Crippen LogP contribution is 2.33. The van der Waals surface area contributed by atoms with Crippen LogP contribution in [0.3, 0.4) is 0 Å². The molecule has 1 heterocycles. The first-order valence-corrected chi connectivity index (χ1v) is 2.78. The van der Waals surface area contributed by atoms with Crippen molar-refractivity contribution >= 4 is 13.7 Å². The summed E-state index contributed by atoms with van der Waals surface area (Å²) in [5.74, 6) is 0. The van der Waals surface area contributed by atoms with Crippen molar-refractivity contribution in [3.8, 4) is 0 Å². The lowest BCUT2D eigenvalue weighted by molar-refractivity contribution is -0.159. The molecule has 5 heteroatoms. The maximum atomic E-state index is 9.93. The van der Waals surface area contributed by atoms with Crippen molar-refractivity contribution < 1.29 is 19.3 Å². The molecule has 0 aromatic rings. The van der Waals surface area contributed by atoms with E-state index in [1.807, 2.05) is 0 Å². The van der Waals surface area contributed by atoms with E-state index in [1.54, 1.807) is 0 Å². The Morgan fingerprint density at radius 3 is 2.71 bits per heavy atom. The van der Waals surface area contributed by atoms with Gasteiger partial charge in [-0.3, -0.25) is 4.74 Å². The molecule has 4 nitrogen and oxygen atoms in total. The van der Waals surface area contributed by atoms with Crippen LogP contribution < -0.4 is 4.89 Å². The summed E-state index contributed by atoms with van der Waals surface area (Å²) in [6.07, 6.45) is 0. The number of ether oxygens (including phenoxy) is 1. The highest BCUT2D eigenvalue weighted by Gasteiger charge is 2.34. The molecule has 0 aliphatic carbocycles. The molecule has 40 valence electrons. The SMILES string of the molecule is [O-][P+]1=C(OCO)O1. The summed E-state index contributed by atoms with van der Waals surface area (Å²) in [6, 6.07) is 0. The third kappa shape index (κ3) is 1.19. The zero-order valence-corrected chi connectivity index (χ0v) is 4.22. The minimum Gasteiger partial charge on any atom is -0.598 e. The van der Waals surface area contributed by atoms with Crippen molar-refractivity contribution in [2.75, 3.05) is 6.79 Å². The van der Waals surface area contributed by atoms with Gasteiger partial charge in [0.2, 0.25) is 0 Å². The molecule has 0 saturated carbocycles. The lowest BCUT2D eigenvalue weighted by Gasteiger charge is -1.75. The number of aliphatic hydroxyl groups is 1. The topological polar surface area (TPSA) is 65.0 Å². The second-order valence-electron chi connectivity index (χ2n) is 0.888. The molecule has 0 fully saturated rings. The Balaban J connectivity index is 2.19. The molecule has 1 rings (SSSR count). The summed E-state index contributed by atoms with van der Waals surface area (Å²) in [4.78, 5) is 9.93. The average molecular weight is 122 g/mol. The molecule has 0 bridgehead atoms. The molecule has 1 atom stereocenters. The average Bonchev–Trinajstić information content (AvgIpc) is 2.22. The van der Waals surface area contributed by atoms with Crippen molar-refractivity contribution in [1.82, 2.24) is 0 Å². The smallest absolute Gasteiger partial charge is 0.442 e. The number of aliphatic hydroxyl groups excluding tert-OH is 1. The molecule has 1 unspecified atom stereocenters. The molecule has 0 spiro atoms. The standard InChI is InChI=1S/C2H3O4P/c3-1-5-2-6-7(2)4/h3H,1H2. The number of rotatable bonds is 2. The fourth-order valence-electron chi connectivity index (χ4n) is 0.185. The normalized spacial score (nSPS) is 23.1. The van der Waals surface area contributed by atoms with Crippen molar-refractivity contribution in [3.05, 3.63) is 0 Å². The van der Waals surface area contributed by atoms with Gasteiger partial charge >= 0.3 is 13.7 Å². The maximum absolute atomic E-state index is 9.93. The van der Waals surface area contributed by atoms with E-state index in [0.717, 1.165) is 0 Å². The Morgan fingerprint density at radius 1 is 2.00 bits per heavy atom. The molecule has 1 aliphatic heterocycles. The number of hydrogen-bond donors (Lipinski definition) is 1. The van der Waals surface area contributed by atoms with Gasteiger partial charge in [0.05, 0.1) is 0 Å². The minimum atomic E-state index is -1.66. The van der Waals surface area contributed by atoms with Crippen LogP contribution in [0.25, 0.3) is 0 Å². The van der Waals surface area contributed by atoms with E-state index in [2.05, 4.69) is 9.26 Å². The lowest BCUT2D eigenvalue weighted by atomic mass is 11.4. The van der Waals surface area contributed by atoms with Crippen LogP contribution in [-0.2, 0) is 9.26 Å². The van der Waals surface area contributed by atoms with Gasteiger partial charge in [-0.15, -0.1) is 0 Å². The summed E-state index contributed by atoms with van der Waals surface area (Å²) in [7, 11) is -1.66. The highest BCUT2D eigenvalue weighted by molar-refractivity contribution is 7.54. The molecule has 7 heavy (non-hydrogen) atoms. The van der Waals surface area contributed by atoms with Gasteiger partial charge in [0.1, 0.15) is 0 Å². The van der Waals surface area contributed by atoms with Crippen molar-refractivity contribution in [1.29, 1.82) is 0 Å². The quantitative estimate of drug-likeness (QED) is 0.366. The van der Waals surface area contributed by atoms with E-state index < -0.39 is 14.8 Å².